The maximum atomic E-state index is 12.6. The van der Waals surface area contributed by atoms with E-state index in [9.17, 15) is 24.5 Å². The van der Waals surface area contributed by atoms with Crippen LogP contribution in [0, 0.1) is 17.0 Å². The predicted octanol–water partition coefficient (Wildman–Crippen LogP) is 3.57. The number of nitro benzene ring substituents is 1. The summed E-state index contributed by atoms with van der Waals surface area (Å²) in [6.07, 6.45) is 0. The lowest BCUT2D eigenvalue weighted by Crippen LogP contribution is -2.16. The van der Waals surface area contributed by atoms with Gasteiger partial charge in [-0.15, -0.1) is 11.3 Å². The van der Waals surface area contributed by atoms with Gasteiger partial charge in [0, 0.05) is 6.07 Å². The molecule has 2 rings (SSSR count). The minimum absolute atomic E-state index is 0.0156. The zero-order valence-electron chi connectivity index (χ0n) is 15.4. The summed E-state index contributed by atoms with van der Waals surface area (Å²) in [7, 11) is 0. The van der Waals surface area contributed by atoms with Crippen LogP contribution >= 0.6 is 11.3 Å². The lowest BCUT2D eigenvalue weighted by molar-refractivity contribution is -0.385. The molecule has 0 radical (unpaired) electrons. The third-order valence-corrected chi connectivity index (χ3v) is 4.85. The fraction of sp³-hybridized carbons (Fsp3) is 0.278. The molecule has 0 atom stereocenters. The summed E-state index contributed by atoms with van der Waals surface area (Å²) in [4.78, 5) is 47.7. The average molecular weight is 406 g/mol. The number of carbonyl (C=O) groups is 3. The number of nitrogens with zero attached hydrogens (tertiary/aromatic N) is 1. The molecular weight excluding hydrogens is 388 g/mol. The molecule has 0 unspecified atom stereocenters. The van der Waals surface area contributed by atoms with Crippen LogP contribution in [0.2, 0.25) is 0 Å². The molecule has 1 aromatic heterocycles. The summed E-state index contributed by atoms with van der Waals surface area (Å²) in [5.74, 6) is -2.14. The normalized spacial score (nSPS) is 10.2. The Hall–Kier alpha value is -3.27. The van der Waals surface area contributed by atoms with Crippen LogP contribution in [0.1, 0.15) is 49.8 Å². The molecular formula is C18H18N2O7S. The Morgan fingerprint density at radius 3 is 2.32 bits per heavy atom. The number of ether oxygens (including phenoxy) is 2. The van der Waals surface area contributed by atoms with Crippen LogP contribution in [0.5, 0.6) is 0 Å². The SMILES string of the molecule is CCOC(=O)c1sc(NC(=O)c2ccccc2[N+](=O)[O-])c(C(=O)OCC)c1C. The van der Waals surface area contributed by atoms with Crippen molar-refractivity contribution >= 4 is 39.9 Å². The van der Waals surface area contributed by atoms with Crippen molar-refractivity contribution in [1.82, 2.24) is 0 Å². The zero-order valence-corrected chi connectivity index (χ0v) is 16.3. The Morgan fingerprint density at radius 2 is 1.71 bits per heavy atom. The van der Waals surface area contributed by atoms with Gasteiger partial charge in [0.1, 0.15) is 15.4 Å². The molecule has 0 aliphatic rings. The summed E-state index contributed by atoms with van der Waals surface area (Å²) in [6, 6.07) is 5.42. The van der Waals surface area contributed by atoms with Crippen molar-refractivity contribution in [3.8, 4) is 0 Å². The highest BCUT2D eigenvalue weighted by Crippen LogP contribution is 2.35. The van der Waals surface area contributed by atoms with E-state index in [1.54, 1.807) is 13.8 Å². The first-order valence-corrected chi connectivity index (χ1v) is 9.15. The molecule has 1 N–H and O–H groups in total. The van der Waals surface area contributed by atoms with E-state index in [2.05, 4.69) is 5.32 Å². The molecule has 28 heavy (non-hydrogen) atoms. The lowest BCUT2D eigenvalue weighted by atomic mass is 10.1. The van der Waals surface area contributed by atoms with Crippen LogP contribution in [0.3, 0.4) is 0 Å². The number of hydrogen-bond donors (Lipinski definition) is 1. The van der Waals surface area contributed by atoms with Crippen LogP contribution in [-0.4, -0.2) is 36.0 Å². The van der Waals surface area contributed by atoms with Gasteiger partial charge in [-0.2, -0.15) is 0 Å². The highest BCUT2D eigenvalue weighted by Gasteiger charge is 2.28. The van der Waals surface area contributed by atoms with E-state index in [1.165, 1.54) is 31.2 Å². The maximum absolute atomic E-state index is 12.6. The topological polar surface area (TPSA) is 125 Å². The summed E-state index contributed by atoms with van der Waals surface area (Å²) < 4.78 is 9.98. The molecule has 0 saturated carbocycles. The molecule has 148 valence electrons. The summed E-state index contributed by atoms with van der Waals surface area (Å²) in [5.41, 5.74) is -0.232. The van der Waals surface area contributed by atoms with Crippen molar-refractivity contribution in [2.24, 2.45) is 0 Å². The van der Waals surface area contributed by atoms with Gasteiger partial charge in [0.05, 0.1) is 23.7 Å². The quantitative estimate of drug-likeness (QED) is 0.423. The molecule has 1 heterocycles. The van der Waals surface area contributed by atoms with Gasteiger partial charge in [-0.3, -0.25) is 14.9 Å². The van der Waals surface area contributed by atoms with Crippen molar-refractivity contribution < 1.29 is 28.8 Å². The predicted molar refractivity (Wildman–Crippen MR) is 102 cm³/mol. The second kappa shape index (κ2) is 9.09. The first-order valence-electron chi connectivity index (χ1n) is 8.34. The molecule has 9 nitrogen and oxygen atoms in total. The second-order valence-corrected chi connectivity index (χ2v) is 6.45. The number of rotatable bonds is 7. The van der Waals surface area contributed by atoms with E-state index in [0.717, 1.165) is 11.3 Å². The molecule has 0 aliphatic carbocycles. The largest absolute Gasteiger partial charge is 0.462 e. The van der Waals surface area contributed by atoms with Crippen LogP contribution in [-0.2, 0) is 9.47 Å². The molecule has 2 aromatic rings. The van der Waals surface area contributed by atoms with Gasteiger partial charge in [-0.05, 0) is 32.4 Å². The monoisotopic (exact) mass is 406 g/mol. The number of carbonyl (C=O) groups excluding carboxylic acids is 3. The van der Waals surface area contributed by atoms with Crippen LogP contribution in [0.4, 0.5) is 10.7 Å². The lowest BCUT2D eigenvalue weighted by Gasteiger charge is -2.07. The second-order valence-electron chi connectivity index (χ2n) is 5.43. The molecule has 0 fully saturated rings. The fourth-order valence-corrected chi connectivity index (χ4v) is 3.52. The number of para-hydroxylation sites is 1. The molecule has 10 heteroatoms. The van der Waals surface area contributed by atoms with E-state index >= 15 is 0 Å². The van der Waals surface area contributed by atoms with Gasteiger partial charge in [-0.25, -0.2) is 9.59 Å². The van der Waals surface area contributed by atoms with Gasteiger partial charge in [0.2, 0.25) is 0 Å². The molecule has 1 amide bonds. The van der Waals surface area contributed by atoms with Gasteiger partial charge in [-0.1, -0.05) is 12.1 Å². The number of thiophene rings is 1. The standard InChI is InChI=1S/C18H18N2O7S/c1-4-26-17(22)13-10(3)14(18(23)27-5-2)28-16(13)19-15(21)11-8-6-7-9-12(11)20(24)25/h6-9H,4-5H2,1-3H3,(H,19,21). The van der Waals surface area contributed by atoms with E-state index in [0.29, 0.717) is 5.56 Å². The molecule has 0 aliphatic heterocycles. The van der Waals surface area contributed by atoms with E-state index in [-0.39, 0.29) is 39.9 Å². The number of amides is 1. The van der Waals surface area contributed by atoms with E-state index in [1.807, 2.05) is 0 Å². The molecule has 0 bridgehead atoms. The minimum atomic E-state index is -0.783. The number of hydrogen-bond acceptors (Lipinski definition) is 8. The van der Waals surface area contributed by atoms with Crippen molar-refractivity contribution in [2.75, 3.05) is 18.5 Å². The zero-order chi connectivity index (χ0) is 20.8. The number of benzene rings is 1. The average Bonchev–Trinajstić information content (AvgIpc) is 2.98. The number of nitro groups is 1. The van der Waals surface area contributed by atoms with Crippen molar-refractivity contribution in [3.05, 3.63) is 55.9 Å². The molecule has 0 spiro atoms. The third-order valence-electron chi connectivity index (χ3n) is 3.66. The Morgan fingerprint density at radius 1 is 1.11 bits per heavy atom. The van der Waals surface area contributed by atoms with Crippen LogP contribution in [0.25, 0.3) is 0 Å². The van der Waals surface area contributed by atoms with Crippen LogP contribution in [0.15, 0.2) is 24.3 Å². The van der Waals surface area contributed by atoms with Gasteiger partial charge in [0.25, 0.3) is 11.6 Å². The summed E-state index contributed by atoms with van der Waals surface area (Å²) in [5, 5.41) is 13.7. The molecule has 0 saturated heterocycles. The Bertz CT molecular complexity index is 936. The minimum Gasteiger partial charge on any atom is -0.462 e. The van der Waals surface area contributed by atoms with Gasteiger partial charge >= 0.3 is 11.9 Å². The third kappa shape index (κ3) is 4.34. The Labute approximate surface area is 164 Å². The van der Waals surface area contributed by atoms with Crippen molar-refractivity contribution in [3.63, 3.8) is 0 Å². The molecule has 1 aromatic carbocycles. The summed E-state index contributed by atoms with van der Waals surface area (Å²) >= 11 is 0.848. The summed E-state index contributed by atoms with van der Waals surface area (Å²) in [6.45, 7) is 5.04. The van der Waals surface area contributed by atoms with Gasteiger partial charge in [0.15, 0.2) is 0 Å². The number of esters is 2. The van der Waals surface area contributed by atoms with Gasteiger partial charge < -0.3 is 14.8 Å². The fourth-order valence-electron chi connectivity index (χ4n) is 2.44. The van der Waals surface area contributed by atoms with Crippen molar-refractivity contribution in [1.29, 1.82) is 0 Å². The first kappa shape index (κ1) is 21.0. The first-order chi connectivity index (χ1) is 13.3. The maximum Gasteiger partial charge on any atom is 0.348 e. The number of nitrogens with one attached hydrogen (secondary N) is 1. The Kier molecular flexibility index (Phi) is 6.83. The smallest absolute Gasteiger partial charge is 0.348 e. The Balaban J connectivity index is 2.48. The van der Waals surface area contributed by atoms with Crippen LogP contribution < -0.4 is 5.32 Å². The van der Waals surface area contributed by atoms with Crippen molar-refractivity contribution in [2.45, 2.75) is 20.8 Å². The van der Waals surface area contributed by atoms with E-state index < -0.39 is 22.8 Å². The highest BCUT2D eigenvalue weighted by atomic mass is 32.1. The number of anilines is 1. The van der Waals surface area contributed by atoms with E-state index in [4.69, 9.17) is 9.47 Å². The highest BCUT2D eigenvalue weighted by molar-refractivity contribution is 7.18.